The topological polar surface area (TPSA) is 107 Å². The molecule has 4 rings (SSSR count). The Labute approximate surface area is 199 Å². The summed E-state index contributed by atoms with van der Waals surface area (Å²) in [5, 5.41) is 6.98. The van der Waals surface area contributed by atoms with E-state index in [4.69, 9.17) is 15.5 Å². The summed E-state index contributed by atoms with van der Waals surface area (Å²) in [5.74, 6) is 1.38. The number of pyridine rings is 1. The van der Waals surface area contributed by atoms with Gasteiger partial charge in [0.05, 0.1) is 23.7 Å². The Balaban J connectivity index is 1.40. The minimum absolute atomic E-state index is 0.0470. The number of aromatic nitrogens is 3. The van der Waals surface area contributed by atoms with E-state index in [-0.39, 0.29) is 12.1 Å². The molecule has 0 saturated heterocycles. The molecule has 8 heteroatoms. The highest BCUT2D eigenvalue weighted by Gasteiger charge is 2.17. The number of methoxy groups -OCH3 is 1. The van der Waals surface area contributed by atoms with Crippen molar-refractivity contribution in [2.75, 3.05) is 26.0 Å². The minimum atomic E-state index is -0.157. The van der Waals surface area contributed by atoms with E-state index in [0.29, 0.717) is 25.4 Å². The number of para-hydroxylation sites is 1. The van der Waals surface area contributed by atoms with Crippen LogP contribution in [-0.2, 0) is 17.7 Å². The fraction of sp³-hybridized carbons (Fsp3) is 0.346. The first kappa shape index (κ1) is 23.5. The average Bonchev–Trinajstić information content (AvgIpc) is 3.22. The fourth-order valence-electron chi connectivity index (χ4n) is 4.20. The second-order valence-corrected chi connectivity index (χ2v) is 8.37. The molecule has 4 aromatic rings. The number of nitrogens with zero attached hydrogens (tertiary/aromatic N) is 3. The molecule has 178 valence electrons. The van der Waals surface area contributed by atoms with Gasteiger partial charge in [0.15, 0.2) is 5.82 Å². The van der Waals surface area contributed by atoms with Gasteiger partial charge < -0.3 is 25.7 Å². The molecule has 2 amide bonds. The Bertz CT molecular complexity index is 1250. The van der Waals surface area contributed by atoms with Gasteiger partial charge >= 0.3 is 6.03 Å². The molecule has 4 N–H and O–H groups in total. The summed E-state index contributed by atoms with van der Waals surface area (Å²) in [6, 6.07) is 17.7. The van der Waals surface area contributed by atoms with Crippen LogP contribution in [0.5, 0.6) is 0 Å². The predicted molar refractivity (Wildman–Crippen MR) is 136 cm³/mol. The molecule has 2 aromatic heterocycles. The maximum atomic E-state index is 12.3. The number of anilines is 1. The van der Waals surface area contributed by atoms with Crippen LogP contribution in [0.2, 0.25) is 0 Å². The number of imidazole rings is 1. The van der Waals surface area contributed by atoms with Crippen molar-refractivity contribution in [1.82, 2.24) is 25.2 Å². The van der Waals surface area contributed by atoms with E-state index >= 15 is 0 Å². The number of urea groups is 1. The van der Waals surface area contributed by atoms with Crippen LogP contribution in [0.25, 0.3) is 21.9 Å². The monoisotopic (exact) mass is 460 g/mol. The number of hydrogen-bond donors (Lipinski definition) is 3. The van der Waals surface area contributed by atoms with E-state index in [0.717, 1.165) is 52.7 Å². The van der Waals surface area contributed by atoms with Crippen LogP contribution < -0.4 is 16.4 Å². The van der Waals surface area contributed by atoms with Crippen LogP contribution >= 0.6 is 0 Å². The van der Waals surface area contributed by atoms with Crippen LogP contribution in [0.4, 0.5) is 10.6 Å². The normalized spacial score (nSPS) is 12.2. The van der Waals surface area contributed by atoms with Gasteiger partial charge in [-0.3, -0.25) is 0 Å². The fourth-order valence-corrected chi connectivity index (χ4v) is 4.20. The third-order valence-corrected chi connectivity index (χ3v) is 5.96. The summed E-state index contributed by atoms with van der Waals surface area (Å²) in [6.45, 7) is 3.92. The van der Waals surface area contributed by atoms with Crippen LogP contribution in [0.3, 0.4) is 0 Å². The highest BCUT2D eigenvalue weighted by molar-refractivity contribution is 6.06. The molecule has 0 aliphatic rings. The number of carbonyl (C=O) groups is 1. The molecule has 2 aromatic carbocycles. The largest absolute Gasteiger partial charge is 0.384 e. The molecule has 0 aliphatic carbocycles. The molecule has 0 saturated carbocycles. The van der Waals surface area contributed by atoms with E-state index in [1.807, 2.05) is 55.5 Å². The minimum Gasteiger partial charge on any atom is -0.384 e. The number of nitrogen functional groups attached to an aromatic ring is 1. The zero-order chi connectivity index (χ0) is 23.9. The zero-order valence-electron chi connectivity index (χ0n) is 19.8. The van der Waals surface area contributed by atoms with Gasteiger partial charge in [-0.2, -0.15) is 0 Å². The van der Waals surface area contributed by atoms with Crippen LogP contribution in [0.15, 0.2) is 54.6 Å². The zero-order valence-corrected chi connectivity index (χ0v) is 19.8. The quantitative estimate of drug-likeness (QED) is 0.308. The molecule has 1 atom stereocenters. The van der Waals surface area contributed by atoms with Crippen LogP contribution in [-0.4, -0.2) is 40.8 Å². The number of benzene rings is 2. The van der Waals surface area contributed by atoms with Crippen molar-refractivity contribution in [3.8, 4) is 0 Å². The second-order valence-electron chi connectivity index (χ2n) is 8.37. The van der Waals surface area contributed by atoms with E-state index < -0.39 is 0 Å². The lowest BCUT2D eigenvalue weighted by atomic mass is 10.1. The highest BCUT2D eigenvalue weighted by atomic mass is 16.5. The molecule has 8 nitrogen and oxygen atoms in total. The van der Waals surface area contributed by atoms with Gasteiger partial charge in [0, 0.05) is 32.0 Å². The number of unbranched alkanes of at least 4 members (excludes halogenated alkanes) is 1. The molecule has 0 radical (unpaired) electrons. The first-order valence-corrected chi connectivity index (χ1v) is 11.7. The molecule has 0 bridgehead atoms. The van der Waals surface area contributed by atoms with Gasteiger partial charge in [0.2, 0.25) is 0 Å². The summed E-state index contributed by atoms with van der Waals surface area (Å²) in [5.41, 5.74) is 9.93. The number of fused-ring (bicyclic) bond motifs is 3. The Hall–Kier alpha value is -3.65. The van der Waals surface area contributed by atoms with Gasteiger partial charge in [-0.05, 0) is 31.4 Å². The molecule has 2 heterocycles. The number of rotatable bonds is 10. The Morgan fingerprint density at radius 3 is 2.65 bits per heavy atom. The predicted octanol–water partition coefficient (Wildman–Crippen LogP) is 4.20. The average molecular weight is 461 g/mol. The SMILES string of the molecule is COCCc1nc2c(N)nc3ccccc3c2n1CCCCNC(=O)N[C@@H](C)c1ccccc1. The van der Waals surface area contributed by atoms with Crippen molar-refractivity contribution in [3.05, 3.63) is 66.0 Å². The van der Waals surface area contributed by atoms with E-state index in [1.54, 1.807) is 7.11 Å². The number of carbonyl (C=O) groups excluding carboxylic acids is 1. The first-order valence-electron chi connectivity index (χ1n) is 11.7. The van der Waals surface area contributed by atoms with Crippen molar-refractivity contribution >= 4 is 33.8 Å². The van der Waals surface area contributed by atoms with Crippen molar-refractivity contribution in [2.24, 2.45) is 0 Å². The smallest absolute Gasteiger partial charge is 0.315 e. The number of ether oxygens (including phenoxy) is 1. The molecule has 0 aliphatic heterocycles. The van der Waals surface area contributed by atoms with Crippen molar-refractivity contribution in [2.45, 2.75) is 38.8 Å². The van der Waals surface area contributed by atoms with Gasteiger partial charge in [0.25, 0.3) is 0 Å². The summed E-state index contributed by atoms with van der Waals surface area (Å²) < 4.78 is 7.52. The third kappa shape index (κ3) is 5.28. The summed E-state index contributed by atoms with van der Waals surface area (Å²) >= 11 is 0. The maximum Gasteiger partial charge on any atom is 0.315 e. The molecular formula is C26H32N6O2. The number of nitrogens with two attached hydrogens (primary N) is 1. The highest BCUT2D eigenvalue weighted by Crippen LogP contribution is 2.29. The number of aryl methyl sites for hydroxylation is 1. The van der Waals surface area contributed by atoms with Crippen LogP contribution in [0.1, 0.15) is 37.2 Å². The lowest BCUT2D eigenvalue weighted by Gasteiger charge is -2.15. The van der Waals surface area contributed by atoms with Gasteiger partial charge in [-0.25, -0.2) is 14.8 Å². The van der Waals surface area contributed by atoms with Gasteiger partial charge in [-0.1, -0.05) is 48.5 Å². The molecule has 0 fully saturated rings. The summed E-state index contributed by atoms with van der Waals surface area (Å²) in [6.07, 6.45) is 2.42. The standard InChI is InChI=1S/C26H32N6O2/c1-18(19-10-4-3-5-11-19)29-26(33)28-15-8-9-16-32-22(14-17-34-2)31-23-24(32)20-12-6-7-13-21(20)30-25(23)27/h3-7,10-13,18H,8-9,14-17H2,1-2H3,(H2,27,30)(H2,28,29,33)/t18-/m0/s1. The number of hydrogen-bond acceptors (Lipinski definition) is 5. The van der Waals surface area contributed by atoms with Gasteiger partial charge in [-0.15, -0.1) is 0 Å². The van der Waals surface area contributed by atoms with Gasteiger partial charge in [0.1, 0.15) is 11.3 Å². The Morgan fingerprint density at radius 1 is 1.09 bits per heavy atom. The second kappa shape index (κ2) is 11.0. The van der Waals surface area contributed by atoms with Crippen LogP contribution in [0, 0.1) is 0 Å². The third-order valence-electron chi connectivity index (χ3n) is 5.96. The summed E-state index contributed by atoms with van der Waals surface area (Å²) in [7, 11) is 1.69. The maximum absolute atomic E-state index is 12.3. The molecular weight excluding hydrogens is 428 g/mol. The van der Waals surface area contributed by atoms with Crippen molar-refractivity contribution in [1.29, 1.82) is 0 Å². The number of amides is 2. The molecule has 0 spiro atoms. The Morgan fingerprint density at radius 2 is 1.85 bits per heavy atom. The number of nitrogens with one attached hydrogen (secondary N) is 2. The van der Waals surface area contributed by atoms with Crippen molar-refractivity contribution in [3.63, 3.8) is 0 Å². The van der Waals surface area contributed by atoms with E-state index in [9.17, 15) is 4.79 Å². The molecule has 0 unspecified atom stereocenters. The lowest BCUT2D eigenvalue weighted by Crippen LogP contribution is -2.37. The van der Waals surface area contributed by atoms with E-state index in [1.165, 1.54) is 0 Å². The van der Waals surface area contributed by atoms with E-state index in [2.05, 4.69) is 26.3 Å². The Kier molecular flexibility index (Phi) is 7.59. The summed E-state index contributed by atoms with van der Waals surface area (Å²) in [4.78, 5) is 21.6. The molecule has 34 heavy (non-hydrogen) atoms. The first-order chi connectivity index (χ1) is 16.6. The lowest BCUT2D eigenvalue weighted by molar-refractivity contribution is 0.199. The van der Waals surface area contributed by atoms with Crippen molar-refractivity contribution < 1.29 is 9.53 Å².